The van der Waals surface area contributed by atoms with E-state index >= 15 is 0 Å². The summed E-state index contributed by atoms with van der Waals surface area (Å²) in [6.45, 7) is 6.55. The zero-order chi connectivity index (χ0) is 13.3. The van der Waals surface area contributed by atoms with Crippen LogP contribution in [0.3, 0.4) is 0 Å². The molecule has 4 nitrogen and oxygen atoms in total. The number of rotatable bonds is 9. The summed E-state index contributed by atoms with van der Waals surface area (Å²) in [4.78, 5) is 13.5. The van der Waals surface area contributed by atoms with Crippen molar-refractivity contribution in [2.45, 2.75) is 58.5 Å². The summed E-state index contributed by atoms with van der Waals surface area (Å²) >= 11 is 0. The van der Waals surface area contributed by atoms with Gasteiger partial charge in [0.2, 0.25) is 5.91 Å². The number of aliphatic hydroxyl groups excluding tert-OH is 1. The number of hydrogen-bond acceptors (Lipinski definition) is 3. The zero-order valence-corrected chi connectivity index (χ0v) is 11.7. The average Bonchev–Trinajstić information content (AvgIpc) is 2.27. The van der Waals surface area contributed by atoms with Gasteiger partial charge in [-0.3, -0.25) is 9.69 Å². The first-order valence-electron chi connectivity index (χ1n) is 6.61. The number of unbranched alkanes of at least 4 members (excludes halogenated alkanes) is 2. The summed E-state index contributed by atoms with van der Waals surface area (Å²) in [5.41, 5.74) is 0. The highest BCUT2D eigenvalue weighted by Crippen LogP contribution is 2.03. The highest BCUT2D eigenvalue weighted by atomic mass is 16.3. The van der Waals surface area contributed by atoms with Crippen molar-refractivity contribution in [1.82, 2.24) is 10.2 Å². The van der Waals surface area contributed by atoms with Crippen molar-refractivity contribution >= 4 is 5.91 Å². The van der Waals surface area contributed by atoms with Crippen LogP contribution in [-0.4, -0.2) is 48.2 Å². The van der Waals surface area contributed by atoms with E-state index in [0.29, 0.717) is 6.54 Å². The van der Waals surface area contributed by atoms with Crippen molar-refractivity contribution in [2.24, 2.45) is 0 Å². The SMILES string of the molecule is CCCCCC(C)NC(=O)CN(C)C(C)CO. The van der Waals surface area contributed by atoms with Crippen molar-refractivity contribution < 1.29 is 9.90 Å². The Kier molecular flexibility index (Phi) is 9.09. The predicted octanol–water partition coefficient (Wildman–Crippen LogP) is 1.38. The molecule has 2 unspecified atom stereocenters. The van der Waals surface area contributed by atoms with Crippen LogP contribution in [0.25, 0.3) is 0 Å². The van der Waals surface area contributed by atoms with Crippen LogP contribution in [0.5, 0.6) is 0 Å². The number of carbonyl (C=O) groups is 1. The Bertz CT molecular complexity index is 210. The van der Waals surface area contributed by atoms with E-state index in [4.69, 9.17) is 5.11 Å². The van der Waals surface area contributed by atoms with E-state index in [0.717, 1.165) is 6.42 Å². The van der Waals surface area contributed by atoms with Crippen molar-refractivity contribution in [1.29, 1.82) is 0 Å². The molecule has 102 valence electrons. The predicted molar refractivity (Wildman–Crippen MR) is 70.9 cm³/mol. The Hall–Kier alpha value is -0.610. The fourth-order valence-electron chi connectivity index (χ4n) is 1.61. The first-order chi connectivity index (χ1) is 8.01. The maximum absolute atomic E-state index is 11.7. The summed E-state index contributed by atoms with van der Waals surface area (Å²) in [7, 11) is 1.85. The van der Waals surface area contributed by atoms with Gasteiger partial charge in [0.1, 0.15) is 0 Å². The fourth-order valence-corrected chi connectivity index (χ4v) is 1.61. The molecule has 2 atom stereocenters. The molecule has 0 saturated heterocycles. The Morgan fingerprint density at radius 3 is 2.53 bits per heavy atom. The lowest BCUT2D eigenvalue weighted by atomic mass is 10.1. The quantitative estimate of drug-likeness (QED) is 0.603. The van der Waals surface area contributed by atoms with Gasteiger partial charge in [0, 0.05) is 12.1 Å². The van der Waals surface area contributed by atoms with Gasteiger partial charge in [0.05, 0.1) is 13.2 Å². The Morgan fingerprint density at radius 1 is 1.35 bits per heavy atom. The molecule has 0 aromatic heterocycles. The maximum Gasteiger partial charge on any atom is 0.234 e. The highest BCUT2D eigenvalue weighted by molar-refractivity contribution is 5.78. The van der Waals surface area contributed by atoms with Crippen LogP contribution in [0, 0.1) is 0 Å². The topological polar surface area (TPSA) is 52.6 Å². The Morgan fingerprint density at radius 2 is 2.00 bits per heavy atom. The van der Waals surface area contributed by atoms with Gasteiger partial charge in [0.25, 0.3) is 0 Å². The van der Waals surface area contributed by atoms with Gasteiger partial charge in [-0.2, -0.15) is 0 Å². The molecule has 2 N–H and O–H groups in total. The van der Waals surface area contributed by atoms with E-state index in [9.17, 15) is 4.79 Å². The lowest BCUT2D eigenvalue weighted by molar-refractivity contribution is -0.123. The second-order valence-electron chi connectivity index (χ2n) is 4.91. The minimum absolute atomic E-state index is 0.0242. The van der Waals surface area contributed by atoms with Crippen LogP contribution in [0.1, 0.15) is 46.5 Å². The molecule has 0 saturated carbocycles. The van der Waals surface area contributed by atoms with Crippen molar-refractivity contribution in [2.75, 3.05) is 20.2 Å². The zero-order valence-electron chi connectivity index (χ0n) is 11.7. The molecule has 0 aliphatic heterocycles. The number of hydrogen-bond donors (Lipinski definition) is 2. The van der Waals surface area contributed by atoms with Crippen LogP contribution in [0.2, 0.25) is 0 Å². The molecule has 1 amide bonds. The number of amides is 1. The molecule has 0 fully saturated rings. The van der Waals surface area contributed by atoms with Gasteiger partial charge in [-0.15, -0.1) is 0 Å². The minimum atomic E-state index is 0.0242. The van der Waals surface area contributed by atoms with Crippen LogP contribution in [0.4, 0.5) is 0 Å². The number of carbonyl (C=O) groups excluding carboxylic acids is 1. The van der Waals surface area contributed by atoms with Crippen LogP contribution >= 0.6 is 0 Å². The monoisotopic (exact) mass is 244 g/mol. The first kappa shape index (κ1) is 16.4. The Balaban J connectivity index is 3.77. The number of likely N-dealkylation sites (N-methyl/N-ethyl adjacent to an activating group) is 1. The van der Waals surface area contributed by atoms with Gasteiger partial charge in [-0.25, -0.2) is 0 Å². The van der Waals surface area contributed by atoms with Gasteiger partial charge in [-0.05, 0) is 27.3 Å². The van der Waals surface area contributed by atoms with Gasteiger partial charge in [0.15, 0.2) is 0 Å². The highest BCUT2D eigenvalue weighted by Gasteiger charge is 2.13. The van der Waals surface area contributed by atoms with E-state index in [1.165, 1.54) is 19.3 Å². The van der Waals surface area contributed by atoms with Crippen LogP contribution in [0.15, 0.2) is 0 Å². The van der Waals surface area contributed by atoms with Gasteiger partial charge >= 0.3 is 0 Å². The number of nitrogens with one attached hydrogen (secondary N) is 1. The summed E-state index contributed by atoms with van der Waals surface area (Å²) in [6.07, 6.45) is 4.64. The third-order valence-corrected chi connectivity index (χ3v) is 3.06. The van der Waals surface area contributed by atoms with Crippen LogP contribution in [-0.2, 0) is 4.79 Å². The van der Waals surface area contributed by atoms with E-state index in [1.54, 1.807) is 0 Å². The molecule has 0 spiro atoms. The van der Waals surface area contributed by atoms with Gasteiger partial charge in [-0.1, -0.05) is 26.2 Å². The second-order valence-corrected chi connectivity index (χ2v) is 4.91. The molecule has 0 heterocycles. The lowest BCUT2D eigenvalue weighted by Crippen LogP contribution is -2.43. The third-order valence-electron chi connectivity index (χ3n) is 3.06. The molecule has 0 aliphatic rings. The van der Waals surface area contributed by atoms with Crippen molar-refractivity contribution in [3.05, 3.63) is 0 Å². The molecule has 0 bridgehead atoms. The smallest absolute Gasteiger partial charge is 0.234 e. The summed E-state index contributed by atoms with van der Waals surface area (Å²) in [6, 6.07) is 0.267. The second kappa shape index (κ2) is 9.42. The molecule has 0 radical (unpaired) electrons. The molecule has 0 rings (SSSR count). The van der Waals surface area contributed by atoms with Crippen LogP contribution < -0.4 is 5.32 Å². The van der Waals surface area contributed by atoms with E-state index in [1.807, 2.05) is 25.8 Å². The molecule has 0 aromatic carbocycles. The lowest BCUT2D eigenvalue weighted by Gasteiger charge is -2.23. The van der Waals surface area contributed by atoms with E-state index < -0.39 is 0 Å². The molecular weight excluding hydrogens is 216 g/mol. The maximum atomic E-state index is 11.7. The van der Waals surface area contributed by atoms with Crippen molar-refractivity contribution in [3.63, 3.8) is 0 Å². The first-order valence-corrected chi connectivity index (χ1v) is 6.61. The normalized spacial score (nSPS) is 14.7. The van der Waals surface area contributed by atoms with Crippen molar-refractivity contribution in [3.8, 4) is 0 Å². The third kappa shape index (κ3) is 8.16. The summed E-state index contributed by atoms with van der Waals surface area (Å²) < 4.78 is 0. The molecule has 0 aromatic rings. The largest absolute Gasteiger partial charge is 0.395 e. The molecule has 17 heavy (non-hydrogen) atoms. The molecular formula is C13H28N2O2. The van der Waals surface area contributed by atoms with E-state index in [-0.39, 0.29) is 24.6 Å². The van der Waals surface area contributed by atoms with Gasteiger partial charge < -0.3 is 10.4 Å². The molecule has 4 heteroatoms. The number of nitrogens with zero attached hydrogens (tertiary/aromatic N) is 1. The average molecular weight is 244 g/mol. The minimum Gasteiger partial charge on any atom is -0.395 e. The Labute approximate surface area is 105 Å². The van der Waals surface area contributed by atoms with E-state index in [2.05, 4.69) is 12.2 Å². The molecule has 0 aliphatic carbocycles. The fraction of sp³-hybridized carbons (Fsp3) is 0.923. The standard InChI is InChI=1S/C13H28N2O2/c1-5-6-7-8-11(2)14-13(17)9-15(4)12(3)10-16/h11-12,16H,5-10H2,1-4H3,(H,14,17). The summed E-state index contributed by atoms with van der Waals surface area (Å²) in [5.74, 6) is 0.0387. The number of aliphatic hydroxyl groups is 1. The summed E-state index contributed by atoms with van der Waals surface area (Å²) in [5, 5.41) is 12.0.